The Morgan fingerprint density at radius 1 is 1.50 bits per heavy atom. The number of nitrogens with zero attached hydrogens (tertiary/aromatic N) is 2. The third kappa shape index (κ3) is 3.39. The summed E-state index contributed by atoms with van der Waals surface area (Å²) < 4.78 is 23.4. The zero-order chi connectivity index (χ0) is 13.9. The molecule has 7 heteroatoms. The summed E-state index contributed by atoms with van der Waals surface area (Å²) in [5.41, 5.74) is 0. The van der Waals surface area contributed by atoms with Crippen molar-refractivity contribution < 1.29 is 13.2 Å². The quantitative estimate of drug-likeness (QED) is 0.765. The van der Waals surface area contributed by atoms with Crippen LogP contribution in [0, 0.1) is 23.2 Å². The minimum Gasteiger partial charge on any atom is -0.323 e. The molecule has 1 amide bonds. The van der Waals surface area contributed by atoms with Gasteiger partial charge in [-0.05, 0) is 5.92 Å². The lowest BCUT2D eigenvalue weighted by molar-refractivity contribution is -0.135. The highest BCUT2D eigenvalue weighted by molar-refractivity contribution is 8.00. The Morgan fingerprint density at radius 2 is 2.11 bits per heavy atom. The van der Waals surface area contributed by atoms with Gasteiger partial charge in [-0.25, -0.2) is 8.42 Å². The zero-order valence-electron chi connectivity index (χ0n) is 10.8. The molecular formula is C11H18N2O3S2. The molecule has 0 aromatic rings. The van der Waals surface area contributed by atoms with E-state index >= 15 is 0 Å². The fourth-order valence-electron chi connectivity index (χ4n) is 1.86. The summed E-state index contributed by atoms with van der Waals surface area (Å²) in [5.74, 6) is -0.132. The number of thioether (sulfide) groups is 1. The average molecular weight is 290 g/mol. The van der Waals surface area contributed by atoms with Crippen molar-refractivity contribution in [2.75, 3.05) is 24.3 Å². The van der Waals surface area contributed by atoms with Crippen LogP contribution in [0.2, 0.25) is 0 Å². The smallest absolute Gasteiger partial charge is 0.241 e. The summed E-state index contributed by atoms with van der Waals surface area (Å²) >= 11 is 1.52. The summed E-state index contributed by atoms with van der Waals surface area (Å²) in [6, 6.07) is 1.98. The van der Waals surface area contributed by atoms with Gasteiger partial charge in [-0.15, -0.1) is 0 Å². The maximum Gasteiger partial charge on any atom is 0.241 e. The van der Waals surface area contributed by atoms with Gasteiger partial charge in [-0.3, -0.25) is 4.79 Å². The summed E-state index contributed by atoms with van der Waals surface area (Å²) in [6.45, 7) is 3.98. The second-order valence-electron chi connectivity index (χ2n) is 4.74. The number of hydrogen-bond donors (Lipinski definition) is 0. The number of hydrogen-bond acceptors (Lipinski definition) is 5. The SMILES string of the molecule is CC(C)C(C#N)C(=O)N1CCSCC1S(C)(=O)=O. The molecule has 1 saturated heterocycles. The fourth-order valence-corrected chi connectivity index (χ4v) is 4.68. The van der Waals surface area contributed by atoms with Gasteiger partial charge in [0, 0.05) is 24.3 Å². The minimum absolute atomic E-state index is 0.114. The summed E-state index contributed by atoms with van der Waals surface area (Å²) in [5, 5.41) is 8.24. The Kier molecular flexibility index (Phi) is 5.05. The molecule has 2 unspecified atom stereocenters. The van der Waals surface area contributed by atoms with Crippen molar-refractivity contribution in [2.24, 2.45) is 11.8 Å². The highest BCUT2D eigenvalue weighted by atomic mass is 32.2. The summed E-state index contributed by atoms with van der Waals surface area (Å²) in [7, 11) is -3.31. The predicted octanol–water partition coefficient (Wildman–Crippen LogP) is 0.728. The largest absolute Gasteiger partial charge is 0.323 e. The van der Waals surface area contributed by atoms with Crippen molar-refractivity contribution in [2.45, 2.75) is 19.2 Å². The molecule has 0 aliphatic carbocycles. The first-order valence-corrected chi connectivity index (χ1v) is 8.86. The van der Waals surface area contributed by atoms with E-state index in [-0.39, 0.29) is 11.8 Å². The van der Waals surface area contributed by atoms with E-state index in [1.807, 2.05) is 6.07 Å². The first-order chi connectivity index (χ1) is 8.29. The normalized spacial score (nSPS) is 22.6. The zero-order valence-corrected chi connectivity index (χ0v) is 12.4. The molecule has 1 fully saturated rings. The lowest BCUT2D eigenvalue weighted by Gasteiger charge is -2.35. The van der Waals surface area contributed by atoms with E-state index in [4.69, 9.17) is 5.26 Å². The number of amides is 1. The first kappa shape index (κ1) is 15.3. The van der Waals surface area contributed by atoms with Crippen LogP contribution in [0.1, 0.15) is 13.8 Å². The molecule has 18 heavy (non-hydrogen) atoms. The van der Waals surface area contributed by atoms with Crippen LogP contribution in [0.4, 0.5) is 0 Å². The van der Waals surface area contributed by atoms with Gasteiger partial charge in [-0.2, -0.15) is 17.0 Å². The maximum absolute atomic E-state index is 12.3. The van der Waals surface area contributed by atoms with Gasteiger partial charge in [-0.1, -0.05) is 13.8 Å². The first-order valence-electron chi connectivity index (χ1n) is 5.75. The molecule has 0 radical (unpaired) electrons. The van der Waals surface area contributed by atoms with Gasteiger partial charge in [0.25, 0.3) is 0 Å². The van der Waals surface area contributed by atoms with Crippen molar-refractivity contribution >= 4 is 27.5 Å². The minimum atomic E-state index is -3.31. The molecule has 0 N–H and O–H groups in total. The molecule has 102 valence electrons. The van der Waals surface area contributed by atoms with Crippen molar-refractivity contribution in [3.8, 4) is 6.07 Å². The molecule has 5 nitrogen and oxygen atoms in total. The van der Waals surface area contributed by atoms with Gasteiger partial charge < -0.3 is 4.90 Å². The maximum atomic E-state index is 12.3. The molecule has 0 aromatic heterocycles. The molecular weight excluding hydrogens is 272 g/mol. The molecule has 1 rings (SSSR count). The second kappa shape index (κ2) is 5.93. The van der Waals surface area contributed by atoms with E-state index in [2.05, 4.69) is 0 Å². The Balaban J connectivity index is 2.98. The number of nitriles is 1. The highest BCUT2D eigenvalue weighted by Crippen LogP contribution is 2.24. The van der Waals surface area contributed by atoms with E-state index in [9.17, 15) is 13.2 Å². The Morgan fingerprint density at radius 3 is 2.56 bits per heavy atom. The number of carbonyl (C=O) groups is 1. The lowest BCUT2D eigenvalue weighted by Crippen LogP contribution is -2.52. The average Bonchev–Trinajstić information content (AvgIpc) is 2.28. The molecule has 2 atom stereocenters. The van der Waals surface area contributed by atoms with Crippen LogP contribution in [0.3, 0.4) is 0 Å². The van der Waals surface area contributed by atoms with Crippen molar-refractivity contribution in [3.63, 3.8) is 0 Å². The van der Waals surface area contributed by atoms with E-state index in [0.717, 1.165) is 6.26 Å². The van der Waals surface area contributed by atoms with E-state index in [1.54, 1.807) is 13.8 Å². The third-order valence-corrected chi connectivity index (χ3v) is 5.58. The Labute approximate surface area is 112 Å². The molecule has 0 aromatic carbocycles. The summed E-state index contributed by atoms with van der Waals surface area (Å²) in [6.07, 6.45) is 1.14. The third-order valence-electron chi connectivity index (χ3n) is 2.93. The van der Waals surface area contributed by atoms with Crippen LogP contribution in [-0.2, 0) is 14.6 Å². The Hall–Kier alpha value is -0.740. The van der Waals surface area contributed by atoms with E-state index in [0.29, 0.717) is 18.1 Å². The van der Waals surface area contributed by atoms with Gasteiger partial charge in [0.2, 0.25) is 5.91 Å². The van der Waals surface area contributed by atoms with Crippen LogP contribution >= 0.6 is 11.8 Å². The predicted molar refractivity (Wildman–Crippen MR) is 71.6 cm³/mol. The van der Waals surface area contributed by atoms with Crippen LogP contribution in [-0.4, -0.2) is 48.9 Å². The second-order valence-corrected chi connectivity index (χ2v) is 8.09. The van der Waals surface area contributed by atoms with Crippen LogP contribution in [0.5, 0.6) is 0 Å². The fraction of sp³-hybridized carbons (Fsp3) is 0.818. The number of sulfone groups is 1. The van der Waals surface area contributed by atoms with Crippen LogP contribution in [0.15, 0.2) is 0 Å². The highest BCUT2D eigenvalue weighted by Gasteiger charge is 2.37. The van der Waals surface area contributed by atoms with Gasteiger partial charge in [0.15, 0.2) is 9.84 Å². The molecule has 0 bridgehead atoms. The molecule has 1 aliphatic rings. The van der Waals surface area contributed by atoms with Gasteiger partial charge in [0.1, 0.15) is 11.3 Å². The van der Waals surface area contributed by atoms with Crippen molar-refractivity contribution in [1.82, 2.24) is 4.90 Å². The molecule has 0 saturated carbocycles. The van der Waals surface area contributed by atoms with Crippen molar-refractivity contribution in [3.05, 3.63) is 0 Å². The monoisotopic (exact) mass is 290 g/mol. The van der Waals surface area contributed by atoms with E-state index in [1.165, 1.54) is 16.7 Å². The van der Waals surface area contributed by atoms with E-state index < -0.39 is 21.1 Å². The summed E-state index contributed by atoms with van der Waals surface area (Å²) in [4.78, 5) is 13.6. The van der Waals surface area contributed by atoms with Crippen LogP contribution < -0.4 is 0 Å². The van der Waals surface area contributed by atoms with Crippen molar-refractivity contribution in [1.29, 1.82) is 5.26 Å². The standard InChI is InChI=1S/C11H18N2O3S2/c1-8(2)9(6-12)11(14)13-4-5-17-7-10(13)18(3,15)16/h8-10H,4-5,7H2,1-3H3. The molecule has 0 spiro atoms. The lowest BCUT2D eigenvalue weighted by atomic mass is 9.96. The topological polar surface area (TPSA) is 78.2 Å². The van der Waals surface area contributed by atoms with Crippen LogP contribution in [0.25, 0.3) is 0 Å². The van der Waals surface area contributed by atoms with Gasteiger partial charge >= 0.3 is 0 Å². The number of rotatable bonds is 3. The van der Waals surface area contributed by atoms with Gasteiger partial charge in [0.05, 0.1) is 6.07 Å². The molecule has 1 aliphatic heterocycles. The Bertz CT molecular complexity index is 453. The number of carbonyl (C=O) groups excluding carboxylic acids is 1. The molecule has 1 heterocycles.